The number of aliphatic hydroxyl groups excluding tert-OH is 1. The fraction of sp³-hybridized carbons (Fsp3) is 0.588. The third-order valence-electron chi connectivity index (χ3n) is 3.28. The van der Waals surface area contributed by atoms with Crippen LogP contribution in [0.5, 0.6) is 0 Å². The van der Waals surface area contributed by atoms with Gasteiger partial charge >= 0.3 is 5.97 Å². The Bertz CT molecular complexity index is 445. The Morgan fingerprint density at radius 2 is 2.00 bits per heavy atom. The normalized spacial score (nSPS) is 14.0. The molecule has 1 aromatic rings. The Kier molecular flexibility index (Phi) is 8.26. The lowest BCUT2D eigenvalue weighted by atomic mass is 10.00. The van der Waals surface area contributed by atoms with E-state index < -0.39 is 12.2 Å². The number of halogens is 1. The maximum atomic E-state index is 11.9. The molecule has 0 aromatic heterocycles. The second-order valence-corrected chi connectivity index (χ2v) is 6.90. The molecule has 2 atom stereocenters. The zero-order valence-electron chi connectivity index (χ0n) is 13.0. The Labute approximate surface area is 141 Å². The minimum Gasteiger partial charge on any atom is -0.459 e. The third-order valence-corrected chi connectivity index (χ3v) is 4.26. The first-order valence-corrected chi connectivity index (χ1v) is 8.65. The largest absolute Gasteiger partial charge is 0.459 e. The van der Waals surface area contributed by atoms with E-state index in [-0.39, 0.29) is 11.9 Å². The van der Waals surface area contributed by atoms with E-state index in [4.69, 9.17) is 4.74 Å². The molecule has 0 amide bonds. The predicted molar refractivity (Wildman–Crippen MR) is 93.0 cm³/mol. The van der Waals surface area contributed by atoms with Gasteiger partial charge in [-0.2, -0.15) is 0 Å². The molecule has 0 aliphatic rings. The molecule has 0 heterocycles. The maximum Gasteiger partial charge on any atom is 0.306 e. The van der Waals surface area contributed by atoms with Gasteiger partial charge < -0.3 is 9.84 Å². The predicted octanol–water partition coefficient (Wildman–Crippen LogP) is 4.47. The number of carbonyl (C=O) groups excluding carboxylic acids is 1. The van der Waals surface area contributed by atoms with Gasteiger partial charge in [0.2, 0.25) is 0 Å². The second kappa shape index (κ2) is 9.41. The molecule has 0 unspecified atom stereocenters. The molecule has 0 bridgehead atoms. The molecule has 1 N–H and O–H groups in total. The number of rotatable bonds is 8. The SMILES string of the molecule is CCCC[C@H](OC(=O)CC(C)C)[C@@H](O)c1ccccc1I. The number of esters is 1. The highest BCUT2D eigenvalue weighted by atomic mass is 127. The number of hydrogen-bond donors (Lipinski definition) is 1. The van der Waals surface area contributed by atoms with Crippen LogP contribution in [0, 0.1) is 9.49 Å². The van der Waals surface area contributed by atoms with E-state index in [1.54, 1.807) is 0 Å². The molecule has 0 fully saturated rings. The van der Waals surface area contributed by atoms with Gasteiger partial charge in [0.25, 0.3) is 0 Å². The van der Waals surface area contributed by atoms with E-state index in [2.05, 4.69) is 29.5 Å². The fourth-order valence-electron chi connectivity index (χ4n) is 2.15. The number of aliphatic hydroxyl groups is 1. The molecule has 0 saturated carbocycles. The Balaban J connectivity index is 2.81. The zero-order chi connectivity index (χ0) is 15.8. The van der Waals surface area contributed by atoms with Crippen molar-refractivity contribution in [3.05, 3.63) is 33.4 Å². The van der Waals surface area contributed by atoms with Crippen LogP contribution in [0.3, 0.4) is 0 Å². The molecular formula is C17H25IO3. The summed E-state index contributed by atoms with van der Waals surface area (Å²) in [4.78, 5) is 11.9. The summed E-state index contributed by atoms with van der Waals surface area (Å²) in [5.74, 6) is 0.0365. The van der Waals surface area contributed by atoms with Crippen molar-refractivity contribution in [2.24, 2.45) is 5.92 Å². The first-order chi connectivity index (χ1) is 9.95. The van der Waals surface area contributed by atoms with Gasteiger partial charge in [-0.1, -0.05) is 45.4 Å². The maximum absolute atomic E-state index is 11.9. The van der Waals surface area contributed by atoms with E-state index >= 15 is 0 Å². The van der Waals surface area contributed by atoms with Crippen molar-refractivity contribution >= 4 is 28.6 Å². The molecule has 0 radical (unpaired) electrons. The fourth-order valence-corrected chi connectivity index (χ4v) is 2.86. The van der Waals surface area contributed by atoms with Crippen molar-refractivity contribution in [3.63, 3.8) is 0 Å². The van der Waals surface area contributed by atoms with Crippen LogP contribution in [-0.2, 0) is 9.53 Å². The van der Waals surface area contributed by atoms with E-state index in [1.165, 1.54) is 0 Å². The molecule has 1 rings (SSSR count). The minimum atomic E-state index is -0.763. The van der Waals surface area contributed by atoms with Gasteiger partial charge in [-0.25, -0.2) is 0 Å². The summed E-state index contributed by atoms with van der Waals surface area (Å²) in [6.07, 6.45) is 1.79. The van der Waals surface area contributed by atoms with Crippen molar-refractivity contribution in [1.29, 1.82) is 0 Å². The molecule has 0 aliphatic heterocycles. The average molecular weight is 404 g/mol. The second-order valence-electron chi connectivity index (χ2n) is 5.73. The summed E-state index contributed by atoms with van der Waals surface area (Å²) in [7, 11) is 0. The molecule has 118 valence electrons. The quantitative estimate of drug-likeness (QED) is 0.514. The van der Waals surface area contributed by atoms with Gasteiger partial charge in [0.05, 0.1) is 0 Å². The highest BCUT2D eigenvalue weighted by Gasteiger charge is 2.26. The molecule has 3 nitrogen and oxygen atoms in total. The lowest BCUT2D eigenvalue weighted by Crippen LogP contribution is -2.26. The molecule has 4 heteroatoms. The summed E-state index contributed by atoms with van der Waals surface area (Å²) in [6.45, 7) is 6.06. The molecule has 0 saturated heterocycles. The van der Waals surface area contributed by atoms with E-state index in [0.29, 0.717) is 12.8 Å². The summed E-state index contributed by atoms with van der Waals surface area (Å²) in [5, 5.41) is 10.6. The average Bonchev–Trinajstić information content (AvgIpc) is 2.42. The molecular weight excluding hydrogens is 379 g/mol. The molecule has 0 aliphatic carbocycles. The van der Waals surface area contributed by atoms with Crippen LogP contribution in [0.15, 0.2) is 24.3 Å². The standard InChI is InChI=1S/C17H25IO3/c1-4-5-10-15(21-16(19)11-12(2)3)17(20)13-8-6-7-9-14(13)18/h6-9,12,15,17,20H,4-5,10-11H2,1-3H3/t15-,17-/m0/s1. The Morgan fingerprint density at radius 1 is 1.33 bits per heavy atom. The summed E-state index contributed by atoms with van der Waals surface area (Å²) in [6, 6.07) is 7.67. The van der Waals surface area contributed by atoms with Gasteiger partial charge in [-0.15, -0.1) is 0 Å². The van der Waals surface area contributed by atoms with Crippen molar-refractivity contribution in [2.75, 3.05) is 0 Å². The first kappa shape index (κ1) is 18.4. The van der Waals surface area contributed by atoms with Gasteiger partial charge in [-0.05, 0) is 53.0 Å². The van der Waals surface area contributed by atoms with Gasteiger partial charge in [-0.3, -0.25) is 4.79 Å². The number of carbonyl (C=O) groups is 1. The Hall–Kier alpha value is -0.620. The molecule has 0 spiro atoms. The number of ether oxygens (including phenoxy) is 1. The highest BCUT2D eigenvalue weighted by Crippen LogP contribution is 2.27. The van der Waals surface area contributed by atoms with Crippen LogP contribution < -0.4 is 0 Å². The van der Waals surface area contributed by atoms with Crippen LogP contribution in [0.1, 0.15) is 58.1 Å². The lowest BCUT2D eigenvalue weighted by molar-refractivity contribution is -0.156. The van der Waals surface area contributed by atoms with Crippen LogP contribution in [0.4, 0.5) is 0 Å². The number of hydrogen-bond acceptors (Lipinski definition) is 3. The Morgan fingerprint density at radius 3 is 2.57 bits per heavy atom. The number of unbranched alkanes of at least 4 members (excludes halogenated alkanes) is 1. The van der Waals surface area contributed by atoms with E-state index in [0.717, 1.165) is 22.0 Å². The van der Waals surface area contributed by atoms with Gasteiger partial charge in [0.15, 0.2) is 0 Å². The van der Waals surface area contributed by atoms with Crippen LogP contribution in [-0.4, -0.2) is 17.2 Å². The highest BCUT2D eigenvalue weighted by molar-refractivity contribution is 14.1. The summed E-state index contributed by atoms with van der Waals surface area (Å²) < 4.78 is 6.53. The van der Waals surface area contributed by atoms with Crippen LogP contribution >= 0.6 is 22.6 Å². The summed E-state index contributed by atoms with van der Waals surface area (Å²) in [5.41, 5.74) is 0.830. The smallest absolute Gasteiger partial charge is 0.306 e. The monoisotopic (exact) mass is 404 g/mol. The van der Waals surface area contributed by atoms with E-state index in [9.17, 15) is 9.90 Å². The minimum absolute atomic E-state index is 0.226. The third kappa shape index (κ3) is 6.34. The molecule has 21 heavy (non-hydrogen) atoms. The van der Waals surface area contributed by atoms with Crippen molar-refractivity contribution in [3.8, 4) is 0 Å². The number of benzene rings is 1. The van der Waals surface area contributed by atoms with Crippen LogP contribution in [0.2, 0.25) is 0 Å². The van der Waals surface area contributed by atoms with Crippen molar-refractivity contribution in [2.45, 2.75) is 58.7 Å². The van der Waals surface area contributed by atoms with Crippen molar-refractivity contribution < 1.29 is 14.6 Å². The van der Waals surface area contributed by atoms with Gasteiger partial charge in [0, 0.05) is 9.99 Å². The van der Waals surface area contributed by atoms with Gasteiger partial charge in [0.1, 0.15) is 12.2 Å². The topological polar surface area (TPSA) is 46.5 Å². The first-order valence-electron chi connectivity index (χ1n) is 7.57. The van der Waals surface area contributed by atoms with Crippen LogP contribution in [0.25, 0.3) is 0 Å². The molecule has 1 aromatic carbocycles. The van der Waals surface area contributed by atoms with Crippen molar-refractivity contribution in [1.82, 2.24) is 0 Å². The van der Waals surface area contributed by atoms with E-state index in [1.807, 2.05) is 38.1 Å². The summed E-state index contributed by atoms with van der Waals surface area (Å²) >= 11 is 2.20. The zero-order valence-corrected chi connectivity index (χ0v) is 15.2. The lowest BCUT2D eigenvalue weighted by Gasteiger charge is -2.24.